The van der Waals surface area contributed by atoms with Gasteiger partial charge in [0.05, 0.1) is 6.67 Å². The van der Waals surface area contributed by atoms with Crippen molar-refractivity contribution in [2.75, 3.05) is 32.8 Å². The van der Waals surface area contributed by atoms with Gasteiger partial charge in [-0.15, -0.1) is 0 Å². The highest BCUT2D eigenvalue weighted by molar-refractivity contribution is 5.38. The topological polar surface area (TPSA) is 6.48 Å². The first-order valence-corrected chi connectivity index (χ1v) is 8.34. The summed E-state index contributed by atoms with van der Waals surface area (Å²) in [5.74, 6) is 0. The van der Waals surface area contributed by atoms with Crippen molar-refractivity contribution in [2.45, 2.75) is 17.3 Å². The maximum Gasteiger partial charge on any atom is 0.0507 e. The highest BCUT2D eigenvalue weighted by Crippen LogP contribution is 2.51. The van der Waals surface area contributed by atoms with E-state index in [4.69, 9.17) is 0 Å². The molecule has 0 atom stereocenters. The molecule has 2 aromatic rings. The number of benzene rings is 2. The Labute approximate surface area is 132 Å². The summed E-state index contributed by atoms with van der Waals surface area (Å²) in [5.41, 5.74) is 3.69. The number of hydrogen-bond donors (Lipinski definition) is 0. The van der Waals surface area contributed by atoms with Crippen LogP contribution in [0.2, 0.25) is 0 Å². The summed E-state index contributed by atoms with van der Waals surface area (Å²) < 4.78 is 0. The standard InChI is InChI=1S/C20H22N2/c1-3-7-17(8-4-1)19-11-20(18-9-5-2-6-10-18)14-21(12-19)16-22(13-19)15-20/h1-10H,11-16H2. The van der Waals surface area contributed by atoms with Gasteiger partial charge in [0.15, 0.2) is 0 Å². The molecular weight excluding hydrogens is 268 g/mol. The fourth-order valence-corrected chi connectivity index (χ4v) is 5.43. The number of nitrogens with zero attached hydrogens (tertiary/aromatic N) is 2. The van der Waals surface area contributed by atoms with E-state index in [-0.39, 0.29) is 0 Å². The molecule has 0 unspecified atom stereocenters. The van der Waals surface area contributed by atoms with Crippen molar-refractivity contribution < 1.29 is 0 Å². The van der Waals surface area contributed by atoms with Crippen molar-refractivity contribution in [3.05, 3.63) is 71.8 Å². The van der Waals surface area contributed by atoms with Gasteiger partial charge in [-0.1, -0.05) is 60.7 Å². The molecule has 0 saturated carbocycles. The molecule has 2 aromatic carbocycles. The lowest BCUT2D eigenvalue weighted by Crippen LogP contribution is -2.74. The molecule has 0 spiro atoms. The second-order valence-electron chi connectivity index (χ2n) is 7.59. The fraction of sp³-hybridized carbons (Fsp3) is 0.400. The average Bonchev–Trinajstić information content (AvgIpc) is 2.55. The summed E-state index contributed by atoms with van der Waals surface area (Å²) in [4.78, 5) is 5.35. The molecule has 22 heavy (non-hydrogen) atoms. The Bertz CT molecular complexity index is 608. The average molecular weight is 290 g/mol. The predicted octanol–water partition coefficient (Wildman–Crippen LogP) is 2.85. The lowest BCUT2D eigenvalue weighted by atomic mass is 9.57. The molecule has 4 bridgehead atoms. The van der Waals surface area contributed by atoms with Crippen molar-refractivity contribution in [3.63, 3.8) is 0 Å². The van der Waals surface area contributed by atoms with E-state index in [2.05, 4.69) is 70.5 Å². The monoisotopic (exact) mass is 290 g/mol. The number of rotatable bonds is 2. The van der Waals surface area contributed by atoms with Crippen molar-refractivity contribution in [1.82, 2.24) is 9.80 Å². The number of hydrogen-bond acceptors (Lipinski definition) is 2. The van der Waals surface area contributed by atoms with Gasteiger partial charge in [-0.25, -0.2) is 0 Å². The molecule has 4 aliphatic heterocycles. The third kappa shape index (κ3) is 1.74. The van der Waals surface area contributed by atoms with E-state index in [1.165, 1.54) is 43.7 Å². The minimum atomic E-state index is 0.311. The van der Waals surface area contributed by atoms with E-state index in [0.717, 1.165) is 6.67 Å². The lowest BCUT2D eigenvalue weighted by Gasteiger charge is -2.64. The normalized spacial score (nSPS) is 39.1. The summed E-state index contributed by atoms with van der Waals surface area (Å²) >= 11 is 0. The van der Waals surface area contributed by atoms with Gasteiger partial charge < -0.3 is 0 Å². The van der Waals surface area contributed by atoms with Crippen molar-refractivity contribution >= 4 is 0 Å². The maximum atomic E-state index is 2.68. The van der Waals surface area contributed by atoms with Crippen molar-refractivity contribution in [3.8, 4) is 0 Å². The highest BCUT2D eigenvalue weighted by atomic mass is 15.4. The van der Waals surface area contributed by atoms with Crippen molar-refractivity contribution in [1.29, 1.82) is 0 Å². The van der Waals surface area contributed by atoms with E-state index in [1.807, 2.05) is 0 Å². The van der Waals surface area contributed by atoms with Crippen LogP contribution in [-0.2, 0) is 10.8 Å². The van der Waals surface area contributed by atoms with E-state index in [1.54, 1.807) is 0 Å². The zero-order chi connectivity index (χ0) is 14.6. The zero-order valence-electron chi connectivity index (χ0n) is 12.9. The maximum absolute atomic E-state index is 2.68. The van der Waals surface area contributed by atoms with Crippen LogP contribution in [-0.4, -0.2) is 42.6 Å². The molecule has 2 nitrogen and oxygen atoms in total. The van der Waals surface area contributed by atoms with Gasteiger partial charge in [0.1, 0.15) is 0 Å². The highest BCUT2D eigenvalue weighted by Gasteiger charge is 2.57. The van der Waals surface area contributed by atoms with E-state index >= 15 is 0 Å². The Kier molecular flexibility index (Phi) is 2.59. The Balaban J connectivity index is 1.63. The third-order valence-corrected chi connectivity index (χ3v) is 5.95. The molecule has 0 amide bonds. The summed E-state index contributed by atoms with van der Waals surface area (Å²) in [7, 11) is 0. The summed E-state index contributed by atoms with van der Waals surface area (Å²) in [6.07, 6.45) is 1.29. The first-order valence-electron chi connectivity index (χ1n) is 8.34. The largest absolute Gasteiger partial charge is 0.289 e. The quantitative estimate of drug-likeness (QED) is 0.839. The second kappa shape index (κ2) is 4.43. The lowest BCUT2D eigenvalue weighted by molar-refractivity contribution is -0.103. The smallest absolute Gasteiger partial charge is 0.0507 e. The van der Waals surface area contributed by atoms with Crippen LogP contribution in [0.15, 0.2) is 60.7 Å². The molecule has 0 aromatic heterocycles. The Morgan fingerprint density at radius 2 is 1.00 bits per heavy atom. The SMILES string of the molecule is c1ccc(C23CN4CN(C2)CC(c2ccccc2)(C4)C3)cc1. The third-order valence-electron chi connectivity index (χ3n) is 5.95. The van der Waals surface area contributed by atoms with Crippen LogP contribution in [0.25, 0.3) is 0 Å². The fourth-order valence-electron chi connectivity index (χ4n) is 5.43. The van der Waals surface area contributed by atoms with Crippen LogP contribution < -0.4 is 0 Å². The van der Waals surface area contributed by atoms with Gasteiger partial charge in [0.25, 0.3) is 0 Å². The molecule has 0 aliphatic carbocycles. The van der Waals surface area contributed by atoms with Crippen LogP contribution in [0.1, 0.15) is 17.5 Å². The van der Waals surface area contributed by atoms with Crippen LogP contribution >= 0.6 is 0 Å². The Hall–Kier alpha value is -1.64. The molecule has 6 rings (SSSR count). The second-order valence-corrected chi connectivity index (χ2v) is 7.59. The minimum absolute atomic E-state index is 0.311. The molecule has 112 valence electrons. The Morgan fingerprint density at radius 1 is 0.591 bits per heavy atom. The molecule has 4 saturated heterocycles. The van der Waals surface area contributed by atoms with Gasteiger partial charge in [0, 0.05) is 37.0 Å². The molecule has 0 radical (unpaired) electrons. The molecule has 4 heterocycles. The summed E-state index contributed by atoms with van der Waals surface area (Å²) in [5, 5.41) is 0. The van der Waals surface area contributed by atoms with E-state index in [9.17, 15) is 0 Å². The molecular formula is C20H22N2. The van der Waals surface area contributed by atoms with Gasteiger partial charge in [-0.05, 0) is 17.5 Å². The van der Waals surface area contributed by atoms with E-state index in [0.29, 0.717) is 10.8 Å². The Morgan fingerprint density at radius 3 is 1.41 bits per heavy atom. The first kappa shape index (κ1) is 12.9. The van der Waals surface area contributed by atoms with Crippen molar-refractivity contribution in [2.24, 2.45) is 0 Å². The number of piperidine rings is 2. The molecule has 4 aliphatic rings. The molecule has 2 heteroatoms. The minimum Gasteiger partial charge on any atom is -0.289 e. The molecule has 4 fully saturated rings. The predicted molar refractivity (Wildman–Crippen MR) is 88.9 cm³/mol. The summed E-state index contributed by atoms with van der Waals surface area (Å²) in [6.45, 7) is 6.05. The van der Waals surface area contributed by atoms with Crippen LogP contribution in [0.5, 0.6) is 0 Å². The van der Waals surface area contributed by atoms with Crippen LogP contribution in [0.4, 0.5) is 0 Å². The van der Waals surface area contributed by atoms with Crippen LogP contribution in [0, 0.1) is 0 Å². The van der Waals surface area contributed by atoms with Gasteiger partial charge in [0.2, 0.25) is 0 Å². The zero-order valence-corrected chi connectivity index (χ0v) is 12.9. The molecule has 0 N–H and O–H groups in total. The van der Waals surface area contributed by atoms with E-state index < -0.39 is 0 Å². The van der Waals surface area contributed by atoms with Gasteiger partial charge in [-0.3, -0.25) is 9.80 Å². The first-order chi connectivity index (χ1) is 10.8. The van der Waals surface area contributed by atoms with Crippen LogP contribution in [0.3, 0.4) is 0 Å². The summed E-state index contributed by atoms with van der Waals surface area (Å²) in [6, 6.07) is 22.4. The van der Waals surface area contributed by atoms with Gasteiger partial charge >= 0.3 is 0 Å². The van der Waals surface area contributed by atoms with Gasteiger partial charge in [-0.2, -0.15) is 0 Å².